The van der Waals surface area contributed by atoms with Crippen LogP contribution in [0, 0.1) is 0 Å². The van der Waals surface area contributed by atoms with Crippen molar-refractivity contribution in [1.29, 1.82) is 0 Å². The molecule has 24 heavy (non-hydrogen) atoms. The summed E-state index contributed by atoms with van der Waals surface area (Å²) < 4.78 is 5.44. The van der Waals surface area contributed by atoms with E-state index < -0.39 is 0 Å². The van der Waals surface area contributed by atoms with Crippen molar-refractivity contribution >= 4 is 5.57 Å². The predicted molar refractivity (Wildman–Crippen MR) is 101 cm³/mol. The van der Waals surface area contributed by atoms with Crippen molar-refractivity contribution in [2.45, 2.75) is 31.7 Å². The Morgan fingerprint density at radius 2 is 1.67 bits per heavy atom. The van der Waals surface area contributed by atoms with Gasteiger partial charge < -0.3 is 4.74 Å². The maximum Gasteiger partial charge on any atom is 0.119 e. The zero-order valence-corrected chi connectivity index (χ0v) is 15.0. The quantitative estimate of drug-likeness (QED) is 0.738. The Kier molecular flexibility index (Phi) is 5.37. The molecule has 0 radical (unpaired) electrons. The zero-order valence-electron chi connectivity index (χ0n) is 15.0. The lowest BCUT2D eigenvalue weighted by Crippen LogP contribution is -2.24. The second kappa shape index (κ2) is 7.67. The van der Waals surface area contributed by atoms with Crippen LogP contribution in [0.25, 0.3) is 5.57 Å². The Balaban J connectivity index is 2.10. The molecule has 0 saturated heterocycles. The minimum absolute atomic E-state index is 0.340. The van der Waals surface area contributed by atoms with Gasteiger partial charge in [0.05, 0.1) is 13.2 Å². The molecule has 1 aliphatic carbocycles. The fourth-order valence-electron chi connectivity index (χ4n) is 3.82. The van der Waals surface area contributed by atoms with Crippen LogP contribution in [-0.2, 0) is 0 Å². The number of ether oxygens (including phenoxy) is 1. The first-order chi connectivity index (χ1) is 11.7. The number of likely N-dealkylation sites (N-methyl/N-ethyl adjacent to an activating group) is 1. The number of nitrogens with zero attached hydrogens (tertiary/aromatic N) is 1. The molecular formula is C22H27NO. The van der Waals surface area contributed by atoms with E-state index in [-0.39, 0.29) is 0 Å². The number of benzene rings is 2. The van der Waals surface area contributed by atoms with E-state index in [0.29, 0.717) is 6.04 Å². The van der Waals surface area contributed by atoms with Gasteiger partial charge in [-0.2, -0.15) is 0 Å². The van der Waals surface area contributed by atoms with E-state index in [2.05, 4.69) is 67.5 Å². The summed E-state index contributed by atoms with van der Waals surface area (Å²) in [5.74, 6) is 0.936. The molecule has 0 saturated carbocycles. The van der Waals surface area contributed by atoms with Crippen LogP contribution in [0.3, 0.4) is 0 Å². The van der Waals surface area contributed by atoms with Crippen LogP contribution in [0.15, 0.2) is 60.2 Å². The Morgan fingerprint density at radius 1 is 0.917 bits per heavy atom. The minimum Gasteiger partial charge on any atom is -0.497 e. The first-order valence-electron chi connectivity index (χ1n) is 8.78. The van der Waals surface area contributed by atoms with Crippen LogP contribution in [0.2, 0.25) is 0 Å². The van der Waals surface area contributed by atoms with Crippen molar-refractivity contribution in [3.63, 3.8) is 0 Å². The van der Waals surface area contributed by atoms with Crippen molar-refractivity contribution in [2.24, 2.45) is 0 Å². The van der Waals surface area contributed by atoms with Crippen LogP contribution in [-0.4, -0.2) is 26.1 Å². The van der Waals surface area contributed by atoms with E-state index in [9.17, 15) is 0 Å². The van der Waals surface area contributed by atoms with Gasteiger partial charge in [-0.15, -0.1) is 0 Å². The summed E-state index contributed by atoms with van der Waals surface area (Å²) in [7, 11) is 6.10. The summed E-state index contributed by atoms with van der Waals surface area (Å²) in [5.41, 5.74) is 5.75. The fraction of sp³-hybridized carbons (Fsp3) is 0.364. The molecule has 0 spiro atoms. The van der Waals surface area contributed by atoms with Gasteiger partial charge in [0.1, 0.15) is 5.75 Å². The van der Waals surface area contributed by atoms with Crippen LogP contribution in [0.1, 0.15) is 42.9 Å². The highest BCUT2D eigenvalue weighted by Crippen LogP contribution is 2.41. The van der Waals surface area contributed by atoms with Gasteiger partial charge in [0.25, 0.3) is 0 Å². The van der Waals surface area contributed by atoms with Crippen molar-refractivity contribution in [1.82, 2.24) is 4.90 Å². The minimum atomic E-state index is 0.340. The van der Waals surface area contributed by atoms with Crippen LogP contribution in [0.4, 0.5) is 0 Å². The highest BCUT2D eigenvalue weighted by molar-refractivity contribution is 5.71. The van der Waals surface area contributed by atoms with Gasteiger partial charge in [-0.1, -0.05) is 42.5 Å². The van der Waals surface area contributed by atoms with Gasteiger partial charge in [0, 0.05) is 0 Å². The van der Waals surface area contributed by atoms with Crippen molar-refractivity contribution in [3.8, 4) is 5.75 Å². The Morgan fingerprint density at radius 3 is 2.38 bits per heavy atom. The van der Waals surface area contributed by atoms with E-state index in [1.54, 1.807) is 12.7 Å². The summed E-state index contributed by atoms with van der Waals surface area (Å²) >= 11 is 0. The fourth-order valence-corrected chi connectivity index (χ4v) is 3.82. The monoisotopic (exact) mass is 321 g/mol. The third-order valence-electron chi connectivity index (χ3n) is 4.89. The summed E-state index contributed by atoms with van der Waals surface area (Å²) in [4.78, 5) is 2.34. The van der Waals surface area contributed by atoms with Gasteiger partial charge in [0.15, 0.2) is 0 Å². The molecule has 2 aromatic rings. The standard InChI is InChI=1S/C22H27NO/c1-23(2)22(17-10-5-4-6-11-17)21-15-8-7-14-20(21)18-12-9-13-19(16-18)24-3/h4-6,9-13,16,22H,7-8,14-15H2,1-3H3. The smallest absolute Gasteiger partial charge is 0.119 e. The summed E-state index contributed by atoms with van der Waals surface area (Å²) in [6.07, 6.45) is 4.87. The molecule has 1 atom stereocenters. The molecule has 2 heteroatoms. The highest BCUT2D eigenvalue weighted by atomic mass is 16.5. The molecule has 0 heterocycles. The van der Waals surface area contributed by atoms with Crippen molar-refractivity contribution < 1.29 is 4.74 Å². The second-order valence-electron chi connectivity index (χ2n) is 6.72. The van der Waals surface area contributed by atoms with Gasteiger partial charge in [0.2, 0.25) is 0 Å². The van der Waals surface area contributed by atoms with Crippen molar-refractivity contribution in [2.75, 3.05) is 21.2 Å². The topological polar surface area (TPSA) is 12.5 Å². The lowest BCUT2D eigenvalue weighted by atomic mass is 9.81. The summed E-state index contributed by atoms with van der Waals surface area (Å²) in [5, 5.41) is 0. The molecule has 2 nitrogen and oxygen atoms in total. The SMILES string of the molecule is COc1cccc(C2=C(C(c3ccccc3)N(C)C)CCCC2)c1. The summed E-state index contributed by atoms with van der Waals surface area (Å²) in [6.45, 7) is 0. The molecular weight excluding hydrogens is 294 g/mol. The maximum atomic E-state index is 5.44. The van der Waals surface area contributed by atoms with E-state index in [1.165, 1.54) is 36.0 Å². The average Bonchev–Trinajstić information content (AvgIpc) is 2.63. The third-order valence-corrected chi connectivity index (χ3v) is 4.89. The largest absolute Gasteiger partial charge is 0.497 e. The molecule has 126 valence electrons. The maximum absolute atomic E-state index is 5.44. The third kappa shape index (κ3) is 3.54. The zero-order chi connectivity index (χ0) is 16.9. The number of hydrogen-bond donors (Lipinski definition) is 0. The van der Waals surface area contributed by atoms with Gasteiger partial charge >= 0.3 is 0 Å². The van der Waals surface area contributed by atoms with Crippen LogP contribution >= 0.6 is 0 Å². The van der Waals surface area contributed by atoms with Gasteiger partial charge in [-0.3, -0.25) is 4.90 Å². The van der Waals surface area contributed by atoms with Gasteiger partial charge in [-0.25, -0.2) is 0 Å². The molecule has 0 fully saturated rings. The predicted octanol–water partition coefficient (Wildman–Crippen LogP) is 5.33. The molecule has 0 amide bonds. The van der Waals surface area contributed by atoms with Crippen LogP contribution in [0.5, 0.6) is 5.75 Å². The average molecular weight is 321 g/mol. The normalized spacial score (nSPS) is 16.3. The Bertz CT molecular complexity index is 703. The van der Waals surface area contributed by atoms with E-state index in [4.69, 9.17) is 4.74 Å². The molecule has 0 aliphatic heterocycles. The van der Waals surface area contributed by atoms with E-state index >= 15 is 0 Å². The van der Waals surface area contributed by atoms with E-state index in [1.807, 2.05) is 6.07 Å². The molecule has 1 aliphatic rings. The molecule has 0 bridgehead atoms. The Labute approximate surface area is 145 Å². The number of hydrogen-bond acceptors (Lipinski definition) is 2. The summed E-state index contributed by atoms with van der Waals surface area (Å²) in [6, 6.07) is 19.7. The van der Waals surface area contributed by atoms with Gasteiger partial charge in [-0.05, 0) is 74.2 Å². The molecule has 1 unspecified atom stereocenters. The molecule has 0 N–H and O–H groups in total. The Hall–Kier alpha value is -2.06. The lowest BCUT2D eigenvalue weighted by Gasteiger charge is -2.32. The number of rotatable bonds is 5. The second-order valence-corrected chi connectivity index (χ2v) is 6.72. The molecule has 0 aromatic heterocycles. The number of methoxy groups -OCH3 is 1. The first-order valence-corrected chi connectivity index (χ1v) is 8.78. The lowest BCUT2D eigenvalue weighted by molar-refractivity contribution is 0.328. The number of allylic oxidation sites excluding steroid dienone is 1. The highest BCUT2D eigenvalue weighted by Gasteiger charge is 2.25. The van der Waals surface area contributed by atoms with Crippen molar-refractivity contribution in [3.05, 3.63) is 71.3 Å². The molecule has 3 rings (SSSR count). The first kappa shape index (κ1) is 16.8. The molecule has 2 aromatic carbocycles. The van der Waals surface area contributed by atoms with E-state index in [0.717, 1.165) is 12.2 Å². The van der Waals surface area contributed by atoms with Crippen LogP contribution < -0.4 is 4.74 Å².